The lowest BCUT2D eigenvalue weighted by Crippen LogP contribution is -2.24. The first kappa shape index (κ1) is 42.4. The molecule has 0 aliphatic heterocycles. The molecule has 1 aromatic heterocycles. The molecule has 11 heteroatoms. The molecule has 2 saturated carbocycles. The van der Waals surface area contributed by atoms with Crippen LogP contribution in [0.25, 0.3) is 33.4 Å². The van der Waals surface area contributed by atoms with Crippen LogP contribution in [0.4, 0.5) is 10.1 Å². The Balaban J connectivity index is 0.000000323. The normalized spacial score (nSPS) is 14.3. The Hall–Kier alpha value is -5.03. The van der Waals surface area contributed by atoms with Gasteiger partial charge in [-0.3, -0.25) is 14.4 Å². The lowest BCUT2D eigenvalue weighted by Gasteiger charge is -2.24. The predicted molar refractivity (Wildman–Crippen MR) is 209 cm³/mol. The number of fused-ring (bicyclic) bond motifs is 1. The highest BCUT2D eigenvalue weighted by Crippen LogP contribution is 2.41. The van der Waals surface area contributed by atoms with Crippen LogP contribution in [0.15, 0.2) is 65.1 Å². The predicted octanol–water partition coefficient (Wildman–Crippen LogP) is 7.64. The van der Waals surface area contributed by atoms with Crippen molar-refractivity contribution in [3.05, 3.63) is 77.6 Å². The van der Waals surface area contributed by atoms with Gasteiger partial charge in [-0.2, -0.15) is 0 Å². The lowest BCUT2D eigenvalue weighted by atomic mass is 9.89. The number of hydrogen-bond donors (Lipinski definition) is 4. The molecule has 0 unspecified atom stereocenters. The van der Waals surface area contributed by atoms with E-state index in [-0.39, 0.29) is 23.5 Å². The largest absolute Gasteiger partial charge is 0.455 e. The maximum absolute atomic E-state index is 13.5. The van der Waals surface area contributed by atoms with Gasteiger partial charge in [-0.15, -0.1) is 0 Å². The topological polar surface area (TPSA) is 169 Å². The van der Waals surface area contributed by atoms with E-state index in [0.717, 1.165) is 69.0 Å². The molecule has 2 aliphatic carbocycles. The summed E-state index contributed by atoms with van der Waals surface area (Å²) in [6, 6.07) is 16.8. The molecule has 0 radical (unpaired) electrons. The molecule has 2 aliphatic rings. The van der Waals surface area contributed by atoms with Gasteiger partial charge in [-0.05, 0) is 87.6 Å². The Morgan fingerprint density at radius 3 is 1.96 bits per heavy atom. The smallest absolute Gasteiger partial charge is 0.255 e. The molecule has 3 amide bonds. The molecule has 286 valence electrons. The minimum atomic E-state index is -0.514. The maximum Gasteiger partial charge on any atom is 0.255 e. The van der Waals surface area contributed by atoms with E-state index in [0.29, 0.717) is 39.3 Å². The van der Waals surface area contributed by atoms with Crippen molar-refractivity contribution >= 4 is 40.7 Å². The number of amides is 3. The van der Waals surface area contributed by atoms with E-state index in [9.17, 15) is 23.6 Å². The van der Waals surface area contributed by atoms with Crippen molar-refractivity contribution in [2.75, 3.05) is 32.1 Å². The van der Waals surface area contributed by atoms with Crippen molar-refractivity contribution in [2.24, 2.45) is 23.3 Å². The number of hydrogen-bond acceptors (Lipinski definition) is 7. The number of halogens is 1. The summed E-state index contributed by atoms with van der Waals surface area (Å²) in [6.07, 6.45) is 13.0. The summed E-state index contributed by atoms with van der Waals surface area (Å²) >= 11 is 0. The van der Waals surface area contributed by atoms with Gasteiger partial charge in [0, 0.05) is 72.9 Å². The number of nitrogens with two attached hydrogens (primary N) is 2. The van der Waals surface area contributed by atoms with Crippen molar-refractivity contribution in [3.8, 4) is 22.5 Å². The van der Waals surface area contributed by atoms with E-state index in [2.05, 4.69) is 24.1 Å². The Labute approximate surface area is 312 Å². The maximum atomic E-state index is 13.5. The van der Waals surface area contributed by atoms with Gasteiger partial charge >= 0.3 is 0 Å². The molecule has 2 fully saturated rings. The summed E-state index contributed by atoms with van der Waals surface area (Å²) in [4.78, 5) is 47.7. The molecule has 0 bridgehead atoms. The fraction of sp³-hybridized carbons (Fsp3) is 0.429. The number of nitrogens with zero attached hydrogens (tertiary/aromatic N) is 1. The van der Waals surface area contributed by atoms with Crippen molar-refractivity contribution in [1.82, 2.24) is 5.32 Å². The van der Waals surface area contributed by atoms with E-state index >= 15 is 0 Å². The van der Waals surface area contributed by atoms with E-state index in [1.165, 1.54) is 50.7 Å². The quantitative estimate of drug-likeness (QED) is 0.128. The summed E-state index contributed by atoms with van der Waals surface area (Å²) in [6.45, 7) is 5.61. The van der Waals surface area contributed by atoms with Gasteiger partial charge in [0.05, 0.1) is 5.56 Å². The summed E-state index contributed by atoms with van der Waals surface area (Å²) in [5.74, 6) is -0.340. The zero-order chi connectivity index (χ0) is 38.9. The van der Waals surface area contributed by atoms with Crippen molar-refractivity contribution in [1.29, 1.82) is 0 Å². The molecule has 1 heterocycles. The Morgan fingerprint density at radius 2 is 1.47 bits per heavy atom. The van der Waals surface area contributed by atoms with Crippen LogP contribution in [0.2, 0.25) is 0 Å². The second-order valence-corrected chi connectivity index (χ2v) is 13.1. The third-order valence-electron chi connectivity index (χ3n) is 9.78. The first-order valence-electron chi connectivity index (χ1n) is 18.5. The SMILES string of the molecule is CCN(CC)c1cc2oc(-c3ccc(F)cc3)c(C(=O)NC)c2cc1-c1cccc(C(N)=O)c1.CO.NC(=O)C1CCCCC1.O=CC1CCCCC1. The summed E-state index contributed by atoms with van der Waals surface area (Å²) in [7, 11) is 2.55. The number of furan rings is 1. The summed E-state index contributed by atoms with van der Waals surface area (Å²) < 4.78 is 19.7. The average molecular weight is 731 g/mol. The van der Waals surface area contributed by atoms with E-state index in [1.54, 1.807) is 37.4 Å². The number of nitrogens with one attached hydrogen (secondary N) is 1. The van der Waals surface area contributed by atoms with Gasteiger partial charge in [0.1, 0.15) is 23.4 Å². The number of rotatable bonds is 9. The van der Waals surface area contributed by atoms with Crippen molar-refractivity contribution in [3.63, 3.8) is 0 Å². The number of carbonyl (C=O) groups is 4. The molecular formula is C42H55FN4O6. The van der Waals surface area contributed by atoms with Gasteiger partial charge in [-0.1, -0.05) is 50.7 Å². The molecule has 53 heavy (non-hydrogen) atoms. The third kappa shape index (κ3) is 11.5. The van der Waals surface area contributed by atoms with Gasteiger partial charge in [0.25, 0.3) is 5.91 Å². The van der Waals surface area contributed by atoms with Crippen LogP contribution in [0.5, 0.6) is 0 Å². The second-order valence-electron chi connectivity index (χ2n) is 13.1. The van der Waals surface area contributed by atoms with Gasteiger partial charge in [0.15, 0.2) is 0 Å². The zero-order valence-electron chi connectivity index (χ0n) is 31.5. The van der Waals surface area contributed by atoms with Crippen molar-refractivity contribution in [2.45, 2.75) is 78.1 Å². The highest BCUT2D eigenvalue weighted by Gasteiger charge is 2.25. The molecule has 0 spiro atoms. The minimum Gasteiger partial charge on any atom is -0.455 e. The monoisotopic (exact) mass is 730 g/mol. The van der Waals surface area contributed by atoms with Crippen molar-refractivity contribution < 1.29 is 33.1 Å². The van der Waals surface area contributed by atoms with Crippen LogP contribution >= 0.6 is 0 Å². The average Bonchev–Trinajstić information content (AvgIpc) is 3.58. The van der Waals surface area contributed by atoms with Crippen LogP contribution < -0.4 is 21.7 Å². The molecule has 6 N–H and O–H groups in total. The number of anilines is 1. The molecule has 0 saturated heterocycles. The Kier molecular flexibility index (Phi) is 17.2. The van der Waals surface area contributed by atoms with Crippen LogP contribution in [-0.4, -0.2) is 56.4 Å². The number of benzene rings is 3. The first-order valence-corrected chi connectivity index (χ1v) is 18.5. The number of aliphatic hydroxyl groups is 1. The zero-order valence-corrected chi connectivity index (χ0v) is 31.5. The molecule has 4 aromatic rings. The van der Waals surface area contributed by atoms with Crippen LogP contribution in [0.1, 0.15) is 98.8 Å². The highest BCUT2D eigenvalue weighted by atomic mass is 19.1. The summed E-state index contributed by atoms with van der Waals surface area (Å²) in [5, 5.41) is 10.3. The Bertz CT molecular complexity index is 1790. The second kappa shape index (κ2) is 21.5. The fourth-order valence-corrected chi connectivity index (χ4v) is 6.84. The molecule has 0 atom stereocenters. The van der Waals surface area contributed by atoms with Crippen LogP contribution in [-0.2, 0) is 9.59 Å². The molecule has 10 nitrogen and oxygen atoms in total. The first-order chi connectivity index (χ1) is 25.6. The number of carbonyl (C=O) groups excluding carboxylic acids is 4. The highest BCUT2D eigenvalue weighted by molar-refractivity contribution is 6.13. The molecule has 6 rings (SSSR count). The molecule has 3 aromatic carbocycles. The van der Waals surface area contributed by atoms with Crippen LogP contribution in [0, 0.1) is 17.7 Å². The van der Waals surface area contributed by atoms with E-state index < -0.39 is 5.91 Å². The van der Waals surface area contributed by atoms with Gasteiger partial charge < -0.3 is 36.0 Å². The number of aliphatic hydroxyl groups excluding tert-OH is 1. The van der Waals surface area contributed by atoms with E-state index in [4.69, 9.17) is 21.0 Å². The lowest BCUT2D eigenvalue weighted by molar-refractivity contribution is -0.122. The minimum absolute atomic E-state index is 0.102. The molecular weight excluding hydrogens is 675 g/mol. The third-order valence-corrected chi connectivity index (χ3v) is 9.78. The number of primary amides is 2. The van der Waals surface area contributed by atoms with Gasteiger partial charge in [-0.25, -0.2) is 4.39 Å². The van der Waals surface area contributed by atoms with Crippen LogP contribution in [0.3, 0.4) is 0 Å². The standard InChI is InChI=1S/C27H26FN3O3.C7H13NO.C7H12O.CH4O/c1-4-31(5-2)22-15-23-21(14-20(22)17-7-6-8-18(13-17)26(29)32)24(27(33)30-3)25(34-23)16-9-11-19(28)12-10-16;8-7(9)6-4-2-1-3-5-6;8-6-7-4-2-1-3-5-7;1-2/h6-15H,4-5H2,1-3H3,(H2,29,32)(H,30,33);6H,1-5H2,(H2,8,9);6-7H,1-5H2;2H,1H3. The number of aldehydes is 1. The van der Waals surface area contributed by atoms with Gasteiger partial charge in [0.2, 0.25) is 11.8 Å². The Morgan fingerprint density at radius 1 is 0.868 bits per heavy atom. The van der Waals surface area contributed by atoms with E-state index in [1.807, 2.05) is 18.2 Å². The summed E-state index contributed by atoms with van der Waals surface area (Å²) in [5.41, 5.74) is 15.1. The fourth-order valence-electron chi connectivity index (χ4n) is 6.84.